The highest BCUT2D eigenvalue weighted by Crippen LogP contribution is 2.17. The number of esters is 2. The van der Waals surface area contributed by atoms with Crippen molar-refractivity contribution in [1.82, 2.24) is 4.31 Å². The summed E-state index contributed by atoms with van der Waals surface area (Å²) < 4.78 is 35.4. The molecule has 1 aromatic rings. The van der Waals surface area contributed by atoms with E-state index in [0.29, 0.717) is 4.31 Å². The smallest absolute Gasteiger partial charge is 0.321 e. The van der Waals surface area contributed by atoms with E-state index < -0.39 is 35.1 Å². The van der Waals surface area contributed by atoms with Crippen LogP contribution >= 0.6 is 22.6 Å². The van der Waals surface area contributed by atoms with Crippen LogP contribution in [0.1, 0.15) is 0 Å². The third kappa shape index (κ3) is 4.93. The van der Waals surface area contributed by atoms with Crippen molar-refractivity contribution >= 4 is 44.6 Å². The first-order valence-corrected chi connectivity index (χ1v) is 8.22. The van der Waals surface area contributed by atoms with Crippen LogP contribution in [-0.4, -0.2) is 52.0 Å². The van der Waals surface area contributed by atoms with Crippen LogP contribution in [0.25, 0.3) is 0 Å². The number of hydrogen-bond acceptors (Lipinski definition) is 6. The predicted molar refractivity (Wildman–Crippen MR) is 81.9 cm³/mol. The Morgan fingerprint density at radius 2 is 1.48 bits per heavy atom. The van der Waals surface area contributed by atoms with Gasteiger partial charge in [0.25, 0.3) is 0 Å². The fraction of sp³-hybridized carbons (Fsp3) is 0.333. The molecule has 0 radical (unpaired) electrons. The van der Waals surface area contributed by atoms with Gasteiger partial charge in [0.05, 0.1) is 19.1 Å². The van der Waals surface area contributed by atoms with Gasteiger partial charge in [0.2, 0.25) is 10.0 Å². The minimum atomic E-state index is -4.00. The molecule has 0 saturated carbocycles. The highest BCUT2D eigenvalue weighted by atomic mass is 127. The highest BCUT2D eigenvalue weighted by Gasteiger charge is 2.29. The molecule has 1 aromatic carbocycles. The fourth-order valence-corrected chi connectivity index (χ4v) is 3.09. The minimum Gasteiger partial charge on any atom is -0.468 e. The van der Waals surface area contributed by atoms with Crippen LogP contribution in [0, 0.1) is 3.57 Å². The quantitative estimate of drug-likeness (QED) is 0.489. The fourth-order valence-electron chi connectivity index (χ4n) is 1.40. The summed E-state index contributed by atoms with van der Waals surface area (Å²) in [4.78, 5) is 22.7. The van der Waals surface area contributed by atoms with Crippen LogP contribution in [0.2, 0.25) is 0 Å². The van der Waals surface area contributed by atoms with E-state index in [4.69, 9.17) is 0 Å². The second kappa shape index (κ2) is 7.71. The average Bonchev–Trinajstić information content (AvgIpc) is 2.46. The lowest BCUT2D eigenvalue weighted by molar-refractivity contribution is -0.143. The van der Waals surface area contributed by atoms with Crippen molar-refractivity contribution in [3.05, 3.63) is 27.8 Å². The third-order valence-electron chi connectivity index (χ3n) is 2.52. The largest absolute Gasteiger partial charge is 0.468 e. The number of benzene rings is 1. The zero-order valence-electron chi connectivity index (χ0n) is 11.4. The maximum Gasteiger partial charge on any atom is 0.321 e. The topological polar surface area (TPSA) is 90.0 Å². The van der Waals surface area contributed by atoms with Gasteiger partial charge in [-0.15, -0.1) is 0 Å². The molecule has 0 bridgehead atoms. The molecule has 0 aliphatic rings. The maximum atomic E-state index is 12.5. The highest BCUT2D eigenvalue weighted by molar-refractivity contribution is 14.1. The van der Waals surface area contributed by atoms with Crippen molar-refractivity contribution in [3.63, 3.8) is 0 Å². The Morgan fingerprint density at radius 1 is 1.05 bits per heavy atom. The summed E-state index contributed by atoms with van der Waals surface area (Å²) >= 11 is 2.04. The van der Waals surface area contributed by atoms with Crippen LogP contribution in [0.4, 0.5) is 0 Å². The Labute approximate surface area is 136 Å². The molecule has 0 unspecified atom stereocenters. The van der Waals surface area contributed by atoms with Gasteiger partial charge in [0.1, 0.15) is 13.1 Å². The van der Waals surface area contributed by atoms with Crippen LogP contribution in [-0.2, 0) is 29.1 Å². The first kappa shape index (κ1) is 17.9. The lowest BCUT2D eigenvalue weighted by atomic mass is 10.4. The summed E-state index contributed by atoms with van der Waals surface area (Å²) in [5.41, 5.74) is 0. The number of sulfonamides is 1. The van der Waals surface area contributed by atoms with E-state index in [1.807, 2.05) is 22.6 Å². The van der Waals surface area contributed by atoms with Gasteiger partial charge in [0.15, 0.2) is 0 Å². The third-order valence-corrected chi connectivity index (χ3v) is 5.04. The summed E-state index contributed by atoms with van der Waals surface area (Å²) in [6.07, 6.45) is 0. The molecule has 0 aliphatic carbocycles. The maximum absolute atomic E-state index is 12.5. The van der Waals surface area contributed by atoms with Gasteiger partial charge in [-0.05, 0) is 46.9 Å². The Bertz CT molecular complexity index is 595. The number of methoxy groups -OCH3 is 2. The monoisotopic (exact) mass is 427 g/mol. The van der Waals surface area contributed by atoms with Gasteiger partial charge in [-0.25, -0.2) is 8.42 Å². The van der Waals surface area contributed by atoms with E-state index in [1.54, 1.807) is 12.1 Å². The lowest BCUT2D eigenvalue weighted by Gasteiger charge is -2.19. The number of rotatable bonds is 6. The standard InChI is InChI=1S/C12H14INO6S/c1-19-11(15)7-14(8-12(16)20-2)21(17,18)10-5-3-9(13)4-6-10/h3-6H,7-8H2,1-2H3. The van der Waals surface area contributed by atoms with Crippen LogP contribution in [0.3, 0.4) is 0 Å². The molecule has 0 aromatic heterocycles. The molecule has 1 rings (SSSR count). The SMILES string of the molecule is COC(=O)CN(CC(=O)OC)S(=O)(=O)c1ccc(I)cc1. The summed E-state index contributed by atoms with van der Waals surface area (Å²) in [7, 11) is -1.73. The van der Waals surface area contributed by atoms with Crippen molar-refractivity contribution in [3.8, 4) is 0 Å². The number of carbonyl (C=O) groups is 2. The molecule has 0 spiro atoms. The van der Waals surface area contributed by atoms with E-state index in [2.05, 4.69) is 9.47 Å². The van der Waals surface area contributed by atoms with E-state index >= 15 is 0 Å². The van der Waals surface area contributed by atoms with Crippen molar-refractivity contribution in [2.45, 2.75) is 4.90 Å². The molecule has 0 fully saturated rings. The summed E-state index contributed by atoms with van der Waals surface area (Å²) in [6.45, 7) is -1.14. The van der Waals surface area contributed by atoms with E-state index in [9.17, 15) is 18.0 Å². The number of nitrogens with zero attached hydrogens (tertiary/aromatic N) is 1. The summed E-state index contributed by atoms with van der Waals surface area (Å²) in [5, 5.41) is 0. The lowest BCUT2D eigenvalue weighted by Crippen LogP contribution is -2.40. The van der Waals surface area contributed by atoms with E-state index in [1.165, 1.54) is 12.1 Å². The van der Waals surface area contributed by atoms with Crippen LogP contribution in [0.5, 0.6) is 0 Å². The molecule has 21 heavy (non-hydrogen) atoms. The Kier molecular flexibility index (Phi) is 6.55. The first-order chi connectivity index (χ1) is 9.81. The Hall–Kier alpha value is -1.20. The van der Waals surface area contributed by atoms with Crippen LogP contribution in [0.15, 0.2) is 29.2 Å². The molecular weight excluding hydrogens is 413 g/mol. The predicted octanol–water partition coefficient (Wildman–Crippen LogP) is 0.628. The zero-order valence-corrected chi connectivity index (χ0v) is 14.4. The Balaban J connectivity index is 3.12. The van der Waals surface area contributed by atoms with Crippen molar-refractivity contribution in [2.75, 3.05) is 27.3 Å². The van der Waals surface area contributed by atoms with Gasteiger partial charge >= 0.3 is 11.9 Å². The molecule has 7 nitrogen and oxygen atoms in total. The minimum absolute atomic E-state index is 0.0178. The van der Waals surface area contributed by atoms with Gasteiger partial charge in [0, 0.05) is 3.57 Å². The van der Waals surface area contributed by atoms with E-state index in [0.717, 1.165) is 17.8 Å². The summed E-state index contributed by atoms with van der Waals surface area (Å²) in [5.74, 6) is -1.54. The summed E-state index contributed by atoms with van der Waals surface area (Å²) in [6, 6.07) is 6.03. The molecule has 0 aliphatic heterocycles. The molecule has 0 saturated heterocycles. The van der Waals surface area contributed by atoms with Gasteiger partial charge in [-0.3, -0.25) is 9.59 Å². The average molecular weight is 427 g/mol. The van der Waals surface area contributed by atoms with Crippen LogP contribution < -0.4 is 0 Å². The van der Waals surface area contributed by atoms with Crippen molar-refractivity contribution in [2.24, 2.45) is 0 Å². The van der Waals surface area contributed by atoms with Crippen molar-refractivity contribution in [1.29, 1.82) is 0 Å². The van der Waals surface area contributed by atoms with Gasteiger partial charge < -0.3 is 9.47 Å². The number of carbonyl (C=O) groups excluding carboxylic acids is 2. The number of hydrogen-bond donors (Lipinski definition) is 0. The molecule has 0 N–H and O–H groups in total. The second-order valence-electron chi connectivity index (χ2n) is 3.88. The zero-order chi connectivity index (χ0) is 16.0. The Morgan fingerprint density at radius 3 is 1.86 bits per heavy atom. The second-order valence-corrected chi connectivity index (χ2v) is 7.06. The number of halogens is 1. The molecule has 0 heterocycles. The molecule has 0 atom stereocenters. The van der Waals surface area contributed by atoms with Gasteiger partial charge in [-0.2, -0.15) is 4.31 Å². The van der Waals surface area contributed by atoms with Crippen molar-refractivity contribution < 1.29 is 27.5 Å². The molecular formula is C12H14INO6S. The normalized spacial score (nSPS) is 11.2. The van der Waals surface area contributed by atoms with E-state index in [-0.39, 0.29) is 4.90 Å². The molecule has 9 heteroatoms. The van der Waals surface area contributed by atoms with Gasteiger partial charge in [-0.1, -0.05) is 0 Å². The number of ether oxygens (including phenoxy) is 2. The molecule has 116 valence electrons. The molecule has 0 amide bonds. The first-order valence-electron chi connectivity index (χ1n) is 5.70.